The minimum absolute atomic E-state index is 0.0260. The number of thiophene rings is 1. The molecule has 2 amide bonds. The first-order chi connectivity index (χ1) is 14.0. The zero-order valence-electron chi connectivity index (χ0n) is 16.9. The molecule has 29 heavy (non-hydrogen) atoms. The average molecular weight is 409 g/mol. The minimum Gasteiger partial charge on any atom is -0.352 e. The van der Waals surface area contributed by atoms with Gasteiger partial charge < -0.3 is 10.2 Å². The van der Waals surface area contributed by atoms with Crippen LogP contribution in [-0.2, 0) is 16.0 Å². The summed E-state index contributed by atoms with van der Waals surface area (Å²) < 4.78 is 0. The summed E-state index contributed by atoms with van der Waals surface area (Å²) in [6.45, 7) is 7.44. The summed E-state index contributed by atoms with van der Waals surface area (Å²) in [6, 6.07) is 12.6. The first kappa shape index (κ1) is 19.9. The van der Waals surface area contributed by atoms with Crippen LogP contribution in [0.1, 0.15) is 25.3 Å². The number of rotatable bonds is 7. The number of carbonyl (C=O) groups excluding carboxylic acids is 2. The van der Waals surface area contributed by atoms with Gasteiger partial charge in [0, 0.05) is 30.4 Å². The quantitative estimate of drug-likeness (QED) is 0.700. The Balaban J connectivity index is 1.57. The lowest BCUT2D eigenvalue weighted by molar-refractivity contribution is -0.134. The fourth-order valence-corrected chi connectivity index (χ4v) is 5.12. The highest BCUT2D eigenvalue weighted by molar-refractivity contribution is 7.13. The van der Waals surface area contributed by atoms with Gasteiger partial charge in [-0.05, 0) is 47.8 Å². The number of amides is 2. The molecule has 2 fully saturated rings. The summed E-state index contributed by atoms with van der Waals surface area (Å²) >= 11 is 1.72. The SMILES string of the molecule is C=CCNC(=O)[C@]1(Cc2cccc(-c3cccs3)c2)CCN(C(=O)[C@@H]2C[C@@H]2C)C1. The van der Waals surface area contributed by atoms with E-state index < -0.39 is 5.41 Å². The van der Waals surface area contributed by atoms with Crippen LogP contribution in [0.5, 0.6) is 0 Å². The van der Waals surface area contributed by atoms with Crippen molar-refractivity contribution < 1.29 is 9.59 Å². The summed E-state index contributed by atoms with van der Waals surface area (Å²) in [6.07, 6.45) is 4.02. The van der Waals surface area contributed by atoms with Gasteiger partial charge in [-0.25, -0.2) is 0 Å². The summed E-state index contributed by atoms with van der Waals surface area (Å²) in [5.74, 6) is 0.889. The van der Waals surface area contributed by atoms with Gasteiger partial charge in [0.2, 0.25) is 11.8 Å². The zero-order chi connectivity index (χ0) is 20.4. The molecule has 0 unspecified atom stereocenters. The number of nitrogens with zero attached hydrogens (tertiary/aromatic N) is 1. The van der Waals surface area contributed by atoms with Gasteiger partial charge in [0.15, 0.2) is 0 Å². The van der Waals surface area contributed by atoms with Gasteiger partial charge in [0.1, 0.15) is 0 Å². The van der Waals surface area contributed by atoms with E-state index in [1.54, 1.807) is 17.4 Å². The summed E-state index contributed by atoms with van der Waals surface area (Å²) in [7, 11) is 0. The van der Waals surface area contributed by atoms with Gasteiger partial charge in [-0.3, -0.25) is 9.59 Å². The van der Waals surface area contributed by atoms with E-state index in [2.05, 4.69) is 60.6 Å². The zero-order valence-corrected chi connectivity index (χ0v) is 17.7. The van der Waals surface area contributed by atoms with Gasteiger partial charge in [0.25, 0.3) is 0 Å². The number of benzene rings is 1. The van der Waals surface area contributed by atoms with E-state index in [9.17, 15) is 9.59 Å². The number of hydrogen-bond donors (Lipinski definition) is 1. The first-order valence-corrected chi connectivity index (χ1v) is 11.2. The molecule has 5 heteroatoms. The molecule has 1 aliphatic carbocycles. The van der Waals surface area contributed by atoms with Gasteiger partial charge in [-0.15, -0.1) is 17.9 Å². The molecule has 1 aromatic carbocycles. The predicted octanol–water partition coefficient (Wildman–Crippen LogP) is 4.13. The molecular weight excluding hydrogens is 380 g/mol. The Hall–Kier alpha value is -2.40. The van der Waals surface area contributed by atoms with E-state index in [0.717, 1.165) is 12.0 Å². The lowest BCUT2D eigenvalue weighted by atomic mass is 9.79. The molecule has 4 rings (SSSR count). The van der Waals surface area contributed by atoms with Crippen molar-refractivity contribution in [3.63, 3.8) is 0 Å². The molecule has 2 aromatic rings. The van der Waals surface area contributed by atoms with Crippen LogP contribution in [0.3, 0.4) is 0 Å². The Labute approximate surface area is 176 Å². The fraction of sp³-hybridized carbons (Fsp3) is 0.417. The van der Waals surface area contributed by atoms with E-state index in [0.29, 0.717) is 38.4 Å². The molecule has 1 saturated heterocycles. The normalized spacial score (nSPS) is 25.6. The Morgan fingerprint density at radius 3 is 2.86 bits per heavy atom. The van der Waals surface area contributed by atoms with E-state index in [1.165, 1.54) is 10.4 Å². The van der Waals surface area contributed by atoms with Crippen LogP contribution < -0.4 is 5.32 Å². The smallest absolute Gasteiger partial charge is 0.228 e. The number of nitrogens with one attached hydrogen (secondary N) is 1. The predicted molar refractivity (Wildman–Crippen MR) is 118 cm³/mol. The Morgan fingerprint density at radius 1 is 1.34 bits per heavy atom. The van der Waals surface area contributed by atoms with E-state index in [-0.39, 0.29) is 17.7 Å². The Bertz CT molecular complexity index is 907. The van der Waals surface area contributed by atoms with Crippen LogP contribution in [-0.4, -0.2) is 36.3 Å². The van der Waals surface area contributed by atoms with Gasteiger partial charge in [0.05, 0.1) is 5.41 Å². The Morgan fingerprint density at radius 2 is 2.17 bits per heavy atom. The molecule has 2 aliphatic rings. The van der Waals surface area contributed by atoms with Gasteiger partial charge in [-0.2, -0.15) is 0 Å². The summed E-state index contributed by atoms with van der Waals surface area (Å²) in [4.78, 5) is 29.1. The van der Waals surface area contributed by atoms with Crippen LogP contribution in [0.15, 0.2) is 54.4 Å². The highest BCUT2D eigenvalue weighted by atomic mass is 32.1. The molecule has 4 nitrogen and oxygen atoms in total. The maximum atomic E-state index is 13.2. The Kier molecular flexibility index (Phi) is 5.59. The maximum absolute atomic E-state index is 13.2. The van der Waals surface area contributed by atoms with Crippen molar-refractivity contribution >= 4 is 23.2 Å². The monoisotopic (exact) mass is 408 g/mol. The molecule has 0 bridgehead atoms. The number of likely N-dealkylation sites (tertiary alicyclic amines) is 1. The average Bonchev–Trinajstić information content (AvgIpc) is 3.14. The standard InChI is InChI=1S/C24H28N2O2S/c1-3-10-25-23(28)24(9-11-26(16-24)22(27)20-13-17(20)2)15-18-6-4-7-19(14-18)21-8-5-12-29-21/h3-8,12,14,17,20H,1,9-11,13,15-16H2,2H3,(H,25,28)/t17-,20+,24-/m0/s1. The molecular formula is C24H28N2O2S. The van der Waals surface area contributed by atoms with Crippen molar-refractivity contribution in [2.75, 3.05) is 19.6 Å². The molecule has 0 spiro atoms. The molecule has 1 aliphatic heterocycles. The van der Waals surface area contributed by atoms with Crippen molar-refractivity contribution in [1.29, 1.82) is 0 Å². The van der Waals surface area contributed by atoms with Crippen LogP contribution in [0.25, 0.3) is 10.4 Å². The third-order valence-electron chi connectivity index (χ3n) is 6.26. The lowest BCUT2D eigenvalue weighted by Gasteiger charge is -2.28. The van der Waals surface area contributed by atoms with Crippen molar-refractivity contribution in [2.24, 2.45) is 17.3 Å². The van der Waals surface area contributed by atoms with Crippen molar-refractivity contribution in [1.82, 2.24) is 10.2 Å². The molecule has 3 atom stereocenters. The highest BCUT2D eigenvalue weighted by Gasteiger charge is 2.49. The summed E-state index contributed by atoms with van der Waals surface area (Å²) in [5.41, 5.74) is 1.74. The maximum Gasteiger partial charge on any atom is 0.228 e. The molecule has 1 N–H and O–H groups in total. The fourth-order valence-electron chi connectivity index (χ4n) is 4.39. The van der Waals surface area contributed by atoms with Crippen molar-refractivity contribution in [3.05, 3.63) is 60.0 Å². The van der Waals surface area contributed by atoms with Crippen LogP contribution in [0.4, 0.5) is 0 Å². The first-order valence-electron chi connectivity index (χ1n) is 10.3. The topological polar surface area (TPSA) is 49.4 Å². The van der Waals surface area contributed by atoms with E-state index in [1.807, 2.05) is 4.90 Å². The van der Waals surface area contributed by atoms with Crippen molar-refractivity contribution in [2.45, 2.75) is 26.2 Å². The lowest BCUT2D eigenvalue weighted by Crippen LogP contribution is -2.45. The largest absolute Gasteiger partial charge is 0.352 e. The second-order valence-electron chi connectivity index (χ2n) is 8.46. The number of hydrogen-bond acceptors (Lipinski definition) is 3. The molecule has 2 heterocycles. The van der Waals surface area contributed by atoms with E-state index in [4.69, 9.17) is 0 Å². The third-order valence-corrected chi connectivity index (χ3v) is 7.17. The molecule has 1 saturated carbocycles. The second kappa shape index (κ2) is 8.15. The highest BCUT2D eigenvalue weighted by Crippen LogP contribution is 2.42. The molecule has 0 radical (unpaired) electrons. The third kappa shape index (κ3) is 4.15. The van der Waals surface area contributed by atoms with Crippen LogP contribution in [0, 0.1) is 17.3 Å². The van der Waals surface area contributed by atoms with Crippen LogP contribution >= 0.6 is 11.3 Å². The minimum atomic E-state index is -0.579. The second-order valence-corrected chi connectivity index (χ2v) is 9.41. The van der Waals surface area contributed by atoms with Crippen molar-refractivity contribution in [3.8, 4) is 10.4 Å². The van der Waals surface area contributed by atoms with Crippen LogP contribution in [0.2, 0.25) is 0 Å². The van der Waals surface area contributed by atoms with E-state index >= 15 is 0 Å². The number of carbonyl (C=O) groups is 2. The molecule has 1 aromatic heterocycles. The molecule has 152 valence electrons. The summed E-state index contributed by atoms with van der Waals surface area (Å²) in [5, 5.41) is 5.07. The van der Waals surface area contributed by atoms with Gasteiger partial charge >= 0.3 is 0 Å². The van der Waals surface area contributed by atoms with Gasteiger partial charge in [-0.1, -0.05) is 43.3 Å².